The fourth-order valence-electron chi connectivity index (χ4n) is 1.45. The van der Waals surface area contributed by atoms with Gasteiger partial charge < -0.3 is 4.74 Å². The van der Waals surface area contributed by atoms with Crippen molar-refractivity contribution in [1.82, 2.24) is 10.2 Å². The van der Waals surface area contributed by atoms with E-state index in [4.69, 9.17) is 22.8 Å². The van der Waals surface area contributed by atoms with E-state index in [1.165, 1.54) is 0 Å². The number of fused-ring (bicyclic) bond motifs is 1. The Morgan fingerprint density at radius 1 is 1.38 bits per heavy atom. The van der Waals surface area contributed by atoms with Crippen LogP contribution in [-0.4, -0.2) is 16.8 Å². The molecule has 0 spiro atoms. The third kappa shape index (κ3) is 1.93. The van der Waals surface area contributed by atoms with Crippen molar-refractivity contribution in [3.63, 3.8) is 0 Å². The van der Waals surface area contributed by atoms with E-state index in [0.717, 1.165) is 16.5 Å². The molecule has 0 saturated carbocycles. The van der Waals surface area contributed by atoms with E-state index in [9.17, 15) is 0 Å². The van der Waals surface area contributed by atoms with Crippen molar-refractivity contribution < 1.29 is 4.74 Å². The number of rotatable bonds is 2. The van der Waals surface area contributed by atoms with Crippen LogP contribution >= 0.6 is 11.6 Å². The molecule has 1 aromatic heterocycles. The number of aryl methyl sites for hydroxylation is 1. The summed E-state index contributed by atoms with van der Waals surface area (Å²) in [6, 6.07) is 5.55. The van der Waals surface area contributed by atoms with Gasteiger partial charge in [-0.1, -0.05) is 17.5 Å². The number of ether oxygens (including phenoxy) is 1. The van der Waals surface area contributed by atoms with Crippen molar-refractivity contribution in [1.29, 1.82) is 0 Å². The Labute approximate surface area is 98.4 Å². The number of hydrogen-bond donors (Lipinski definition) is 0. The molecule has 2 aromatic rings. The summed E-state index contributed by atoms with van der Waals surface area (Å²) in [5.74, 6) is 3.09. The van der Waals surface area contributed by atoms with Gasteiger partial charge in [0.2, 0.25) is 0 Å². The molecule has 0 aliphatic heterocycles. The van der Waals surface area contributed by atoms with Gasteiger partial charge in [0.15, 0.2) is 5.15 Å². The molecular formula is C12H9ClN2O. The van der Waals surface area contributed by atoms with Crippen molar-refractivity contribution >= 4 is 22.4 Å². The van der Waals surface area contributed by atoms with Gasteiger partial charge in [-0.15, -0.1) is 11.5 Å². The molecule has 0 aliphatic rings. The molecule has 0 bridgehead atoms. The summed E-state index contributed by atoms with van der Waals surface area (Å²) >= 11 is 5.97. The van der Waals surface area contributed by atoms with E-state index in [1.807, 2.05) is 25.1 Å². The number of hydrogen-bond acceptors (Lipinski definition) is 3. The molecule has 2 rings (SSSR count). The van der Waals surface area contributed by atoms with Crippen LogP contribution in [0.2, 0.25) is 5.15 Å². The highest BCUT2D eigenvalue weighted by Crippen LogP contribution is 2.26. The van der Waals surface area contributed by atoms with Crippen LogP contribution in [0.25, 0.3) is 10.8 Å². The fourth-order valence-corrected chi connectivity index (χ4v) is 1.65. The van der Waals surface area contributed by atoms with Gasteiger partial charge in [0.1, 0.15) is 12.4 Å². The average Bonchev–Trinajstić information content (AvgIpc) is 2.31. The molecule has 4 heteroatoms. The predicted molar refractivity (Wildman–Crippen MR) is 63.6 cm³/mol. The number of terminal acetylenes is 1. The van der Waals surface area contributed by atoms with Crippen LogP contribution < -0.4 is 4.74 Å². The van der Waals surface area contributed by atoms with Crippen LogP contribution in [0.1, 0.15) is 5.69 Å². The number of aromatic nitrogens is 2. The second-order valence-corrected chi connectivity index (χ2v) is 3.63. The number of benzene rings is 1. The third-order valence-corrected chi connectivity index (χ3v) is 2.49. The van der Waals surface area contributed by atoms with E-state index in [2.05, 4.69) is 16.1 Å². The summed E-state index contributed by atoms with van der Waals surface area (Å²) in [7, 11) is 0. The maximum Gasteiger partial charge on any atom is 0.159 e. The Balaban J connectivity index is 2.53. The second-order valence-electron chi connectivity index (χ2n) is 3.28. The smallest absolute Gasteiger partial charge is 0.159 e. The van der Waals surface area contributed by atoms with E-state index in [-0.39, 0.29) is 6.61 Å². The SMILES string of the molecule is C#CCOc1ccc2c(C)nnc(Cl)c2c1. The first-order valence-corrected chi connectivity index (χ1v) is 5.09. The van der Waals surface area contributed by atoms with Crippen molar-refractivity contribution in [2.45, 2.75) is 6.92 Å². The van der Waals surface area contributed by atoms with E-state index in [1.54, 1.807) is 0 Å². The monoisotopic (exact) mass is 232 g/mol. The number of nitrogens with zero attached hydrogens (tertiary/aromatic N) is 2. The standard InChI is InChI=1S/C12H9ClN2O/c1-3-6-16-9-4-5-10-8(2)14-15-12(13)11(10)7-9/h1,4-5,7H,6H2,2H3. The molecule has 0 N–H and O–H groups in total. The first kappa shape index (κ1) is 10.7. The van der Waals surface area contributed by atoms with Gasteiger partial charge in [0.05, 0.1) is 5.69 Å². The Morgan fingerprint density at radius 2 is 2.19 bits per heavy atom. The fraction of sp³-hybridized carbons (Fsp3) is 0.167. The van der Waals surface area contributed by atoms with E-state index >= 15 is 0 Å². The quantitative estimate of drug-likeness (QED) is 0.747. The molecule has 0 amide bonds. The Hall–Kier alpha value is -1.79. The highest BCUT2D eigenvalue weighted by Gasteiger charge is 2.06. The molecular weight excluding hydrogens is 224 g/mol. The van der Waals surface area contributed by atoms with Gasteiger partial charge in [-0.25, -0.2) is 0 Å². The molecule has 0 radical (unpaired) electrons. The molecule has 0 fully saturated rings. The minimum absolute atomic E-state index is 0.237. The van der Waals surface area contributed by atoms with Gasteiger partial charge in [0, 0.05) is 10.8 Å². The Bertz CT molecular complexity index is 575. The van der Waals surface area contributed by atoms with E-state index < -0.39 is 0 Å². The lowest BCUT2D eigenvalue weighted by Crippen LogP contribution is -1.95. The highest BCUT2D eigenvalue weighted by atomic mass is 35.5. The minimum Gasteiger partial charge on any atom is -0.481 e. The van der Waals surface area contributed by atoms with E-state index in [0.29, 0.717) is 10.9 Å². The Morgan fingerprint density at radius 3 is 2.94 bits per heavy atom. The molecule has 80 valence electrons. The molecule has 1 aromatic carbocycles. The van der Waals surface area contributed by atoms with Gasteiger partial charge in [-0.05, 0) is 25.1 Å². The normalized spacial score (nSPS) is 10.1. The summed E-state index contributed by atoms with van der Waals surface area (Å²) in [5.41, 5.74) is 0.836. The van der Waals surface area contributed by atoms with Gasteiger partial charge in [-0.2, -0.15) is 5.10 Å². The van der Waals surface area contributed by atoms with Crippen LogP contribution in [0, 0.1) is 19.3 Å². The molecule has 0 unspecified atom stereocenters. The van der Waals surface area contributed by atoms with Crippen LogP contribution in [-0.2, 0) is 0 Å². The summed E-state index contributed by atoms with van der Waals surface area (Å²) in [5, 5.41) is 9.95. The summed E-state index contributed by atoms with van der Waals surface area (Å²) in [6.07, 6.45) is 5.12. The zero-order valence-electron chi connectivity index (χ0n) is 8.70. The summed E-state index contributed by atoms with van der Waals surface area (Å²) in [6.45, 7) is 2.12. The lowest BCUT2D eigenvalue weighted by Gasteiger charge is -2.06. The van der Waals surface area contributed by atoms with Gasteiger partial charge in [-0.3, -0.25) is 0 Å². The molecule has 0 saturated heterocycles. The third-order valence-electron chi connectivity index (χ3n) is 2.21. The van der Waals surface area contributed by atoms with Crippen molar-refractivity contribution in [2.75, 3.05) is 6.61 Å². The first-order valence-electron chi connectivity index (χ1n) is 4.71. The van der Waals surface area contributed by atoms with Crippen molar-refractivity contribution in [2.24, 2.45) is 0 Å². The molecule has 3 nitrogen and oxygen atoms in total. The summed E-state index contributed by atoms with van der Waals surface area (Å²) < 4.78 is 5.32. The summed E-state index contributed by atoms with van der Waals surface area (Å²) in [4.78, 5) is 0. The predicted octanol–water partition coefficient (Wildman–Crippen LogP) is 2.60. The number of halogens is 1. The lowest BCUT2D eigenvalue weighted by atomic mass is 10.1. The molecule has 0 aliphatic carbocycles. The lowest BCUT2D eigenvalue weighted by molar-refractivity contribution is 0.371. The van der Waals surface area contributed by atoms with Crippen molar-refractivity contribution in [3.05, 3.63) is 29.0 Å². The zero-order chi connectivity index (χ0) is 11.5. The first-order chi connectivity index (χ1) is 7.72. The van der Waals surface area contributed by atoms with Crippen molar-refractivity contribution in [3.8, 4) is 18.1 Å². The second kappa shape index (κ2) is 4.38. The molecule has 1 heterocycles. The zero-order valence-corrected chi connectivity index (χ0v) is 9.45. The average molecular weight is 233 g/mol. The topological polar surface area (TPSA) is 35.0 Å². The van der Waals surface area contributed by atoms with Crippen LogP contribution in [0.3, 0.4) is 0 Å². The van der Waals surface area contributed by atoms with Crippen LogP contribution in [0.4, 0.5) is 0 Å². The van der Waals surface area contributed by atoms with Crippen LogP contribution in [0.15, 0.2) is 18.2 Å². The van der Waals surface area contributed by atoms with Gasteiger partial charge in [0.25, 0.3) is 0 Å². The van der Waals surface area contributed by atoms with Crippen LogP contribution in [0.5, 0.6) is 5.75 Å². The minimum atomic E-state index is 0.237. The molecule has 16 heavy (non-hydrogen) atoms. The maximum atomic E-state index is 5.97. The maximum absolute atomic E-state index is 5.97. The van der Waals surface area contributed by atoms with Gasteiger partial charge >= 0.3 is 0 Å². The molecule has 0 atom stereocenters. The largest absolute Gasteiger partial charge is 0.481 e. The highest BCUT2D eigenvalue weighted by molar-refractivity contribution is 6.34. The Kier molecular flexibility index (Phi) is 2.93.